The minimum atomic E-state index is 0.237. The van der Waals surface area contributed by atoms with Gasteiger partial charge in [-0.05, 0) is 40.7 Å². The molecule has 1 saturated heterocycles. The van der Waals surface area contributed by atoms with Gasteiger partial charge in [0.2, 0.25) is 0 Å². The molecule has 4 heteroatoms. The van der Waals surface area contributed by atoms with E-state index in [0.29, 0.717) is 12.1 Å². The molecule has 1 aliphatic rings. The van der Waals surface area contributed by atoms with Gasteiger partial charge in [-0.25, -0.2) is 0 Å². The second kappa shape index (κ2) is 8.90. The highest BCUT2D eigenvalue weighted by atomic mass is 16.5. The Bertz CT molecular complexity index is 234. The lowest BCUT2D eigenvalue weighted by Crippen LogP contribution is -2.55. The highest BCUT2D eigenvalue weighted by Gasteiger charge is 2.29. The van der Waals surface area contributed by atoms with Crippen LogP contribution in [0, 0.1) is 0 Å². The van der Waals surface area contributed by atoms with Gasteiger partial charge < -0.3 is 14.8 Å². The summed E-state index contributed by atoms with van der Waals surface area (Å²) >= 11 is 0. The maximum atomic E-state index is 5.97. The molecular weight excluding hydrogens is 240 g/mol. The van der Waals surface area contributed by atoms with E-state index in [2.05, 4.69) is 44.8 Å². The standard InChI is InChI=1S/C15H32N2O2/c1-6-7-16-14(11-19-13(4)5)15-10-17(12(2)3)8-9-18-15/h12-16H,6-11H2,1-5H3. The fourth-order valence-electron chi connectivity index (χ4n) is 2.33. The number of morpholine rings is 1. The van der Waals surface area contributed by atoms with Crippen LogP contribution in [-0.4, -0.2) is 62.0 Å². The van der Waals surface area contributed by atoms with Gasteiger partial charge in [-0.2, -0.15) is 0 Å². The van der Waals surface area contributed by atoms with Crippen molar-refractivity contribution in [3.8, 4) is 0 Å². The monoisotopic (exact) mass is 272 g/mol. The summed E-state index contributed by atoms with van der Waals surface area (Å²) in [5.41, 5.74) is 0. The molecule has 1 rings (SSSR count). The van der Waals surface area contributed by atoms with E-state index in [1.807, 2.05) is 0 Å². The van der Waals surface area contributed by atoms with Crippen LogP contribution in [-0.2, 0) is 9.47 Å². The van der Waals surface area contributed by atoms with E-state index >= 15 is 0 Å². The summed E-state index contributed by atoms with van der Waals surface area (Å²) in [6.45, 7) is 15.5. The van der Waals surface area contributed by atoms with Gasteiger partial charge >= 0.3 is 0 Å². The van der Waals surface area contributed by atoms with Crippen molar-refractivity contribution in [1.29, 1.82) is 0 Å². The van der Waals surface area contributed by atoms with Crippen molar-refractivity contribution in [2.24, 2.45) is 0 Å². The Kier molecular flexibility index (Phi) is 7.91. The number of hydrogen-bond acceptors (Lipinski definition) is 4. The Balaban J connectivity index is 2.51. The fraction of sp³-hybridized carbons (Fsp3) is 1.00. The van der Waals surface area contributed by atoms with Crippen molar-refractivity contribution in [3.05, 3.63) is 0 Å². The Labute approximate surface area is 118 Å². The third-order valence-electron chi connectivity index (χ3n) is 3.57. The molecule has 1 aliphatic heterocycles. The summed E-state index contributed by atoms with van der Waals surface area (Å²) < 4.78 is 11.8. The third kappa shape index (κ3) is 6.21. The molecule has 114 valence electrons. The van der Waals surface area contributed by atoms with Gasteiger partial charge in [-0.15, -0.1) is 0 Å². The molecule has 0 aromatic carbocycles. The molecule has 19 heavy (non-hydrogen) atoms. The van der Waals surface area contributed by atoms with Crippen LogP contribution in [0.2, 0.25) is 0 Å². The van der Waals surface area contributed by atoms with E-state index in [4.69, 9.17) is 9.47 Å². The smallest absolute Gasteiger partial charge is 0.0877 e. The maximum absolute atomic E-state index is 5.97. The minimum absolute atomic E-state index is 0.237. The van der Waals surface area contributed by atoms with Crippen molar-refractivity contribution in [3.63, 3.8) is 0 Å². The molecule has 0 amide bonds. The second-order valence-electron chi connectivity index (χ2n) is 5.94. The first-order valence-electron chi connectivity index (χ1n) is 7.75. The Hall–Kier alpha value is -0.160. The van der Waals surface area contributed by atoms with Crippen LogP contribution >= 0.6 is 0 Å². The fourth-order valence-corrected chi connectivity index (χ4v) is 2.33. The predicted molar refractivity (Wildman–Crippen MR) is 79.6 cm³/mol. The third-order valence-corrected chi connectivity index (χ3v) is 3.57. The lowest BCUT2D eigenvalue weighted by atomic mass is 10.1. The average molecular weight is 272 g/mol. The first-order chi connectivity index (χ1) is 9.04. The van der Waals surface area contributed by atoms with Crippen molar-refractivity contribution in [1.82, 2.24) is 10.2 Å². The first-order valence-corrected chi connectivity index (χ1v) is 7.75. The molecule has 1 heterocycles. The molecule has 0 aromatic heterocycles. The summed E-state index contributed by atoms with van der Waals surface area (Å²) in [4.78, 5) is 2.49. The topological polar surface area (TPSA) is 33.7 Å². The van der Waals surface area contributed by atoms with Crippen molar-refractivity contribution >= 4 is 0 Å². The van der Waals surface area contributed by atoms with Gasteiger partial charge in [0.25, 0.3) is 0 Å². The van der Waals surface area contributed by atoms with Crippen molar-refractivity contribution < 1.29 is 9.47 Å². The number of nitrogens with one attached hydrogen (secondary N) is 1. The molecule has 0 spiro atoms. The van der Waals surface area contributed by atoms with Gasteiger partial charge in [-0.3, -0.25) is 4.90 Å². The van der Waals surface area contributed by atoms with Crippen LogP contribution in [0.25, 0.3) is 0 Å². The summed E-state index contributed by atoms with van der Waals surface area (Å²) in [6, 6.07) is 0.883. The van der Waals surface area contributed by atoms with Crippen LogP contribution < -0.4 is 5.32 Å². The quantitative estimate of drug-likeness (QED) is 0.731. The van der Waals surface area contributed by atoms with Gasteiger partial charge in [0.05, 0.1) is 31.5 Å². The Morgan fingerprint density at radius 1 is 1.32 bits per heavy atom. The molecule has 2 unspecified atom stereocenters. The van der Waals surface area contributed by atoms with Crippen LogP contribution in [0.5, 0.6) is 0 Å². The van der Waals surface area contributed by atoms with Crippen LogP contribution in [0.4, 0.5) is 0 Å². The summed E-state index contributed by atoms with van der Waals surface area (Å²) in [5.74, 6) is 0. The van der Waals surface area contributed by atoms with Crippen LogP contribution in [0.15, 0.2) is 0 Å². The van der Waals surface area contributed by atoms with E-state index in [-0.39, 0.29) is 12.2 Å². The van der Waals surface area contributed by atoms with Crippen LogP contribution in [0.3, 0.4) is 0 Å². The largest absolute Gasteiger partial charge is 0.377 e. The van der Waals surface area contributed by atoms with Gasteiger partial charge in [0.15, 0.2) is 0 Å². The van der Waals surface area contributed by atoms with Crippen molar-refractivity contribution in [2.45, 2.75) is 65.3 Å². The summed E-state index contributed by atoms with van der Waals surface area (Å²) in [7, 11) is 0. The normalized spacial score (nSPS) is 23.2. The van der Waals surface area contributed by atoms with E-state index in [0.717, 1.165) is 39.3 Å². The molecular formula is C15H32N2O2. The minimum Gasteiger partial charge on any atom is -0.377 e. The molecule has 1 fully saturated rings. The molecule has 0 saturated carbocycles. The number of rotatable bonds is 8. The van der Waals surface area contributed by atoms with Gasteiger partial charge in [0.1, 0.15) is 0 Å². The zero-order chi connectivity index (χ0) is 14.3. The van der Waals surface area contributed by atoms with E-state index in [1.165, 1.54) is 0 Å². The molecule has 0 aromatic rings. The SMILES string of the molecule is CCCNC(COC(C)C)C1CN(C(C)C)CCO1. The summed E-state index contributed by atoms with van der Waals surface area (Å²) in [6.07, 6.45) is 1.65. The molecule has 4 nitrogen and oxygen atoms in total. The molecule has 0 radical (unpaired) electrons. The summed E-state index contributed by atoms with van der Waals surface area (Å²) in [5, 5.41) is 3.58. The number of ether oxygens (including phenoxy) is 2. The molecule has 0 aliphatic carbocycles. The van der Waals surface area contributed by atoms with Gasteiger partial charge in [-0.1, -0.05) is 6.92 Å². The van der Waals surface area contributed by atoms with E-state index < -0.39 is 0 Å². The second-order valence-corrected chi connectivity index (χ2v) is 5.94. The highest BCUT2D eigenvalue weighted by molar-refractivity contribution is 4.84. The molecule has 2 atom stereocenters. The number of nitrogens with zero attached hydrogens (tertiary/aromatic N) is 1. The van der Waals surface area contributed by atoms with Crippen molar-refractivity contribution in [2.75, 3.05) is 32.8 Å². The number of hydrogen-bond donors (Lipinski definition) is 1. The highest BCUT2D eigenvalue weighted by Crippen LogP contribution is 2.13. The maximum Gasteiger partial charge on any atom is 0.0877 e. The van der Waals surface area contributed by atoms with E-state index in [9.17, 15) is 0 Å². The predicted octanol–water partition coefficient (Wildman–Crippen LogP) is 1.89. The average Bonchev–Trinajstić information content (AvgIpc) is 2.38. The lowest BCUT2D eigenvalue weighted by molar-refractivity contribution is -0.0734. The first kappa shape index (κ1) is 16.9. The zero-order valence-electron chi connectivity index (χ0n) is 13.3. The Morgan fingerprint density at radius 3 is 2.63 bits per heavy atom. The lowest BCUT2D eigenvalue weighted by Gasteiger charge is -2.39. The molecule has 1 N–H and O–H groups in total. The molecule has 0 bridgehead atoms. The van der Waals surface area contributed by atoms with Crippen LogP contribution in [0.1, 0.15) is 41.0 Å². The van der Waals surface area contributed by atoms with Gasteiger partial charge in [0, 0.05) is 19.1 Å². The zero-order valence-corrected chi connectivity index (χ0v) is 13.3. The Morgan fingerprint density at radius 2 is 2.05 bits per heavy atom. The van der Waals surface area contributed by atoms with E-state index in [1.54, 1.807) is 0 Å².